The van der Waals surface area contributed by atoms with Crippen molar-refractivity contribution in [1.82, 2.24) is 0 Å². The lowest BCUT2D eigenvalue weighted by molar-refractivity contribution is -0.210. The van der Waals surface area contributed by atoms with Gasteiger partial charge in [-0.3, -0.25) is 19.2 Å². The molecule has 1 saturated heterocycles. The number of furan rings is 1. The summed E-state index contributed by atoms with van der Waals surface area (Å²) in [5.41, 5.74) is -0.766. The summed E-state index contributed by atoms with van der Waals surface area (Å²) >= 11 is 0. The monoisotopic (exact) mass is 488 g/mol. The molecule has 8 nitrogen and oxygen atoms in total. The van der Waals surface area contributed by atoms with Gasteiger partial charge in [-0.2, -0.15) is 0 Å². The van der Waals surface area contributed by atoms with Gasteiger partial charge >= 0.3 is 17.9 Å². The van der Waals surface area contributed by atoms with Crippen molar-refractivity contribution < 1.29 is 37.8 Å². The zero-order chi connectivity index (χ0) is 25.4. The maximum absolute atomic E-state index is 13.9. The van der Waals surface area contributed by atoms with Crippen LogP contribution < -0.4 is 0 Å². The molecule has 192 valence electrons. The van der Waals surface area contributed by atoms with Gasteiger partial charge in [0, 0.05) is 24.8 Å². The van der Waals surface area contributed by atoms with Crippen LogP contribution in [0.2, 0.25) is 0 Å². The van der Waals surface area contributed by atoms with Gasteiger partial charge in [0.05, 0.1) is 31.0 Å². The van der Waals surface area contributed by atoms with Gasteiger partial charge in [-0.15, -0.1) is 0 Å². The number of rotatable bonds is 7. The van der Waals surface area contributed by atoms with Gasteiger partial charge in [-0.1, -0.05) is 33.6 Å². The van der Waals surface area contributed by atoms with Gasteiger partial charge in [0.2, 0.25) is 0 Å². The molecule has 1 aromatic rings. The number of Topliss-reactive ketones (excluding diaryl/α,β-unsaturated/α-hetero) is 1. The molecule has 0 aromatic carbocycles. The number of hydrogen-bond acceptors (Lipinski definition) is 8. The Balaban J connectivity index is 1.70. The van der Waals surface area contributed by atoms with Crippen molar-refractivity contribution in [1.29, 1.82) is 0 Å². The predicted octanol–water partition coefficient (Wildman–Crippen LogP) is 4.56. The third-order valence-electron chi connectivity index (χ3n) is 8.60. The first-order valence-electron chi connectivity index (χ1n) is 12.7. The smallest absolute Gasteiger partial charge is 0.310 e. The number of hydrogen-bond donors (Lipinski definition) is 0. The van der Waals surface area contributed by atoms with Crippen LogP contribution in [0.5, 0.6) is 0 Å². The Hall–Kier alpha value is -2.64. The second kappa shape index (κ2) is 9.78. The highest BCUT2D eigenvalue weighted by atomic mass is 16.6. The summed E-state index contributed by atoms with van der Waals surface area (Å²) in [6.07, 6.45) is 5.78. The largest absolute Gasteiger partial charge is 0.472 e. The molecule has 8 heteroatoms. The molecule has 1 aromatic heterocycles. The second-order valence-electron chi connectivity index (χ2n) is 10.9. The van der Waals surface area contributed by atoms with Crippen molar-refractivity contribution in [2.45, 2.75) is 84.8 Å². The average molecular weight is 489 g/mol. The molecule has 2 saturated carbocycles. The Morgan fingerprint density at radius 3 is 2.60 bits per heavy atom. The van der Waals surface area contributed by atoms with E-state index in [2.05, 4.69) is 6.92 Å². The Morgan fingerprint density at radius 2 is 1.94 bits per heavy atom. The van der Waals surface area contributed by atoms with Gasteiger partial charge < -0.3 is 18.6 Å². The lowest BCUT2D eigenvalue weighted by Gasteiger charge is -2.61. The van der Waals surface area contributed by atoms with Crippen LogP contribution in [0.25, 0.3) is 0 Å². The summed E-state index contributed by atoms with van der Waals surface area (Å²) in [6, 6.07) is 1.75. The lowest BCUT2D eigenvalue weighted by Crippen LogP contribution is -2.64. The molecule has 0 N–H and O–H groups in total. The van der Waals surface area contributed by atoms with Crippen molar-refractivity contribution in [2.24, 2.45) is 28.6 Å². The van der Waals surface area contributed by atoms with E-state index >= 15 is 0 Å². The maximum atomic E-state index is 13.9. The number of esters is 3. The van der Waals surface area contributed by atoms with Crippen molar-refractivity contribution in [3.05, 3.63) is 24.2 Å². The topological polar surface area (TPSA) is 109 Å². The van der Waals surface area contributed by atoms with E-state index in [9.17, 15) is 19.2 Å². The van der Waals surface area contributed by atoms with Crippen LogP contribution in [0, 0.1) is 28.6 Å². The summed E-state index contributed by atoms with van der Waals surface area (Å²) in [5, 5.41) is 0. The third kappa shape index (κ3) is 4.52. The van der Waals surface area contributed by atoms with Crippen LogP contribution in [0.3, 0.4) is 0 Å². The van der Waals surface area contributed by atoms with Crippen molar-refractivity contribution >= 4 is 23.7 Å². The first-order chi connectivity index (χ1) is 16.6. The van der Waals surface area contributed by atoms with E-state index in [-0.39, 0.29) is 24.1 Å². The van der Waals surface area contributed by atoms with Gasteiger partial charge in [0.25, 0.3) is 0 Å². The quantitative estimate of drug-likeness (QED) is 0.312. The highest BCUT2D eigenvalue weighted by Crippen LogP contribution is 2.65. The fraction of sp³-hybridized carbons (Fsp3) is 0.704. The first-order valence-corrected chi connectivity index (χ1v) is 12.7. The van der Waals surface area contributed by atoms with Crippen LogP contribution in [0.15, 0.2) is 23.0 Å². The Labute approximate surface area is 206 Å². The fourth-order valence-corrected chi connectivity index (χ4v) is 6.95. The zero-order valence-electron chi connectivity index (χ0n) is 21.0. The van der Waals surface area contributed by atoms with Gasteiger partial charge in [0.1, 0.15) is 6.10 Å². The van der Waals surface area contributed by atoms with E-state index in [4.69, 9.17) is 18.6 Å². The minimum absolute atomic E-state index is 0.106. The van der Waals surface area contributed by atoms with Crippen molar-refractivity contribution in [3.63, 3.8) is 0 Å². The number of cyclic esters (lactones) is 1. The van der Waals surface area contributed by atoms with Gasteiger partial charge in [-0.25, -0.2) is 0 Å². The van der Waals surface area contributed by atoms with Crippen molar-refractivity contribution in [2.75, 3.05) is 6.61 Å². The lowest BCUT2D eigenvalue weighted by atomic mass is 9.43. The molecule has 4 rings (SSSR count). The standard InChI is InChI=1S/C27H36O8/c1-5-6-7-11-33-24(30)19-13-20(34-16(2)28)22(29)23-26(19,3)10-8-18-25(31)35-21(14-27(18,23)4)17-9-12-32-15-17/h9,12,15,18-21,23H,5-8,10-11,13-14H2,1-4H3/t18-,19-,20-,21-,23-,26-,27-/m0/s1. The minimum atomic E-state index is -1.04. The Bertz CT molecular complexity index is 968. The number of carbonyl (C=O) groups is 4. The zero-order valence-corrected chi connectivity index (χ0v) is 21.0. The molecular formula is C27H36O8. The number of carbonyl (C=O) groups excluding carboxylic acids is 4. The highest BCUT2D eigenvalue weighted by Gasteiger charge is 2.67. The number of ketones is 1. The molecule has 0 bridgehead atoms. The van der Waals surface area contributed by atoms with Gasteiger partial charge in [0.15, 0.2) is 11.9 Å². The normalized spacial score (nSPS) is 36.5. The Morgan fingerprint density at radius 1 is 1.17 bits per heavy atom. The summed E-state index contributed by atoms with van der Waals surface area (Å²) in [7, 11) is 0. The minimum Gasteiger partial charge on any atom is -0.472 e. The molecule has 0 radical (unpaired) electrons. The second-order valence-corrected chi connectivity index (χ2v) is 10.9. The molecule has 35 heavy (non-hydrogen) atoms. The van der Waals surface area contributed by atoms with Crippen LogP contribution in [-0.4, -0.2) is 36.4 Å². The van der Waals surface area contributed by atoms with E-state index in [1.165, 1.54) is 13.2 Å². The van der Waals surface area contributed by atoms with Gasteiger partial charge in [-0.05, 0) is 42.6 Å². The highest BCUT2D eigenvalue weighted by molar-refractivity contribution is 5.93. The summed E-state index contributed by atoms with van der Waals surface area (Å²) in [6.45, 7) is 7.58. The van der Waals surface area contributed by atoms with E-state index in [0.717, 1.165) is 24.8 Å². The molecule has 0 amide bonds. The molecule has 0 spiro atoms. The SMILES string of the molecule is CCCCCOC(=O)[C@@H]1C[C@H](OC(C)=O)C(=O)[C@H]2[C@@]1(C)CC[C@H]1C(=O)O[C@H](c3ccoc3)C[C@]21C. The molecule has 1 aliphatic heterocycles. The average Bonchev–Trinajstić information content (AvgIpc) is 3.32. The summed E-state index contributed by atoms with van der Waals surface area (Å²) in [4.78, 5) is 52.3. The maximum Gasteiger partial charge on any atom is 0.310 e. The van der Waals surface area contributed by atoms with E-state index in [1.54, 1.807) is 12.3 Å². The molecule has 2 heterocycles. The molecule has 3 aliphatic rings. The molecule has 3 fully saturated rings. The summed E-state index contributed by atoms with van der Waals surface area (Å²) < 4.78 is 22.1. The molecule has 7 atom stereocenters. The molecular weight excluding hydrogens is 452 g/mol. The number of ether oxygens (including phenoxy) is 3. The van der Waals surface area contributed by atoms with E-state index < -0.39 is 46.8 Å². The van der Waals surface area contributed by atoms with E-state index in [1.807, 2.05) is 13.8 Å². The number of unbranched alkanes of at least 4 members (excludes halogenated alkanes) is 2. The van der Waals surface area contributed by atoms with E-state index in [0.29, 0.717) is 25.9 Å². The Kier molecular flexibility index (Phi) is 7.11. The first kappa shape index (κ1) is 25.5. The molecule has 0 unspecified atom stereocenters. The van der Waals surface area contributed by atoms with Crippen LogP contribution in [-0.2, 0) is 33.4 Å². The van der Waals surface area contributed by atoms with Crippen LogP contribution in [0.1, 0.15) is 84.3 Å². The van der Waals surface area contributed by atoms with Crippen LogP contribution in [0.4, 0.5) is 0 Å². The fourth-order valence-electron chi connectivity index (χ4n) is 6.95. The predicted molar refractivity (Wildman–Crippen MR) is 124 cm³/mol. The van der Waals surface area contributed by atoms with Crippen molar-refractivity contribution in [3.8, 4) is 0 Å². The third-order valence-corrected chi connectivity index (χ3v) is 8.60. The number of fused-ring (bicyclic) bond motifs is 3. The molecule has 2 aliphatic carbocycles. The summed E-state index contributed by atoms with van der Waals surface area (Å²) in [5.74, 6) is -3.24. The van der Waals surface area contributed by atoms with Crippen LogP contribution >= 0.6 is 0 Å².